The summed E-state index contributed by atoms with van der Waals surface area (Å²) in [5.74, 6) is 0.771. The van der Waals surface area contributed by atoms with Crippen LogP contribution < -0.4 is 10.1 Å². The van der Waals surface area contributed by atoms with Crippen LogP contribution in [0.25, 0.3) is 20.5 Å². The fourth-order valence-corrected chi connectivity index (χ4v) is 5.28. The number of para-hydroxylation sites is 2. The number of aryl methyl sites for hydroxylation is 1. The summed E-state index contributed by atoms with van der Waals surface area (Å²) >= 11 is 4.63. The van der Waals surface area contributed by atoms with E-state index < -0.39 is 0 Å². The van der Waals surface area contributed by atoms with Crippen molar-refractivity contribution < 1.29 is 9.53 Å². The number of nitrogens with zero attached hydrogens (tertiary/aromatic N) is 3. The number of rotatable bonds is 8. The first-order valence-electron chi connectivity index (χ1n) is 9.64. The summed E-state index contributed by atoms with van der Waals surface area (Å²) in [6.07, 6.45) is 0. The number of amides is 1. The Morgan fingerprint density at radius 2 is 2.00 bits per heavy atom. The normalized spacial score (nSPS) is 10.8. The molecule has 1 aromatic carbocycles. The van der Waals surface area contributed by atoms with Gasteiger partial charge < -0.3 is 10.1 Å². The third-order valence-electron chi connectivity index (χ3n) is 4.21. The largest absolute Gasteiger partial charge is 0.492 e. The zero-order valence-corrected chi connectivity index (χ0v) is 19.4. The first kappa shape index (κ1) is 21.5. The SMILES string of the molecule is CCOc1ccccc1NC(=O)CSc1ccc(-c2sc(-c3cccs3)nc2C)nn1. The Kier molecular flexibility index (Phi) is 6.96. The average molecular weight is 469 g/mol. The van der Waals surface area contributed by atoms with E-state index in [4.69, 9.17) is 4.74 Å². The standard InChI is InChI=1S/C22H20N4O2S3/c1-3-28-17-8-5-4-7-15(17)24-19(27)13-30-20-11-10-16(25-26-20)21-14(2)23-22(31-21)18-9-6-12-29-18/h4-12H,3,13H2,1-2H3,(H,24,27). The number of benzene rings is 1. The molecule has 0 saturated carbocycles. The molecule has 6 nitrogen and oxygen atoms in total. The zero-order valence-electron chi connectivity index (χ0n) is 17.0. The molecular formula is C22H20N4O2S3. The molecule has 0 atom stereocenters. The second kappa shape index (κ2) is 10.0. The van der Waals surface area contributed by atoms with E-state index in [9.17, 15) is 4.79 Å². The molecular weight excluding hydrogens is 448 g/mol. The van der Waals surface area contributed by atoms with Gasteiger partial charge in [0.15, 0.2) is 0 Å². The number of ether oxygens (including phenoxy) is 1. The lowest BCUT2D eigenvalue weighted by atomic mass is 10.3. The Bertz CT molecular complexity index is 1160. The molecule has 0 radical (unpaired) electrons. The molecule has 1 N–H and O–H groups in total. The Morgan fingerprint density at radius 3 is 2.74 bits per heavy atom. The van der Waals surface area contributed by atoms with E-state index in [1.165, 1.54) is 11.8 Å². The summed E-state index contributed by atoms with van der Waals surface area (Å²) in [5.41, 5.74) is 2.39. The molecule has 0 aliphatic rings. The number of aromatic nitrogens is 3. The fraction of sp³-hybridized carbons (Fsp3) is 0.182. The smallest absolute Gasteiger partial charge is 0.234 e. The van der Waals surface area contributed by atoms with Gasteiger partial charge >= 0.3 is 0 Å². The molecule has 0 unspecified atom stereocenters. The van der Waals surface area contributed by atoms with Gasteiger partial charge in [-0.15, -0.1) is 32.9 Å². The molecule has 0 saturated heterocycles. The molecule has 0 aliphatic heterocycles. The van der Waals surface area contributed by atoms with Crippen molar-refractivity contribution in [3.8, 4) is 26.2 Å². The van der Waals surface area contributed by atoms with E-state index in [-0.39, 0.29) is 11.7 Å². The predicted octanol–water partition coefficient (Wildman–Crippen LogP) is 5.77. The minimum atomic E-state index is -0.123. The van der Waals surface area contributed by atoms with Crippen LogP contribution in [0.15, 0.2) is 58.9 Å². The zero-order chi connectivity index (χ0) is 21.6. The van der Waals surface area contributed by atoms with Gasteiger partial charge in [-0.3, -0.25) is 4.79 Å². The van der Waals surface area contributed by atoms with E-state index in [1.54, 1.807) is 22.7 Å². The second-order valence-corrected chi connectivity index (χ2v) is 9.38. The minimum Gasteiger partial charge on any atom is -0.492 e. The molecule has 4 rings (SSSR count). The maximum absolute atomic E-state index is 12.3. The van der Waals surface area contributed by atoms with Crippen LogP contribution in [-0.2, 0) is 4.79 Å². The summed E-state index contributed by atoms with van der Waals surface area (Å²) in [6, 6.07) is 15.3. The Hall–Kier alpha value is -2.75. The number of nitrogens with one attached hydrogen (secondary N) is 1. The molecule has 0 spiro atoms. The number of thiophene rings is 1. The van der Waals surface area contributed by atoms with Gasteiger partial charge in [0.05, 0.1) is 33.5 Å². The van der Waals surface area contributed by atoms with E-state index in [1.807, 2.05) is 61.7 Å². The van der Waals surface area contributed by atoms with Crippen molar-refractivity contribution in [2.45, 2.75) is 18.9 Å². The molecule has 0 fully saturated rings. The van der Waals surface area contributed by atoms with Crippen molar-refractivity contribution in [1.82, 2.24) is 15.2 Å². The van der Waals surface area contributed by atoms with Gasteiger partial charge in [0.25, 0.3) is 0 Å². The van der Waals surface area contributed by atoms with Crippen LogP contribution in [0.4, 0.5) is 5.69 Å². The Balaban J connectivity index is 1.38. The number of hydrogen-bond acceptors (Lipinski definition) is 8. The molecule has 3 heterocycles. The van der Waals surface area contributed by atoms with Crippen LogP contribution in [0.1, 0.15) is 12.6 Å². The van der Waals surface area contributed by atoms with Crippen LogP contribution in [0.3, 0.4) is 0 Å². The van der Waals surface area contributed by atoms with Gasteiger partial charge in [0.2, 0.25) is 5.91 Å². The van der Waals surface area contributed by atoms with E-state index >= 15 is 0 Å². The lowest BCUT2D eigenvalue weighted by molar-refractivity contribution is -0.113. The van der Waals surface area contributed by atoms with Gasteiger partial charge in [0, 0.05) is 0 Å². The fourth-order valence-electron chi connectivity index (χ4n) is 2.83. The molecule has 31 heavy (non-hydrogen) atoms. The predicted molar refractivity (Wildman–Crippen MR) is 128 cm³/mol. The Morgan fingerprint density at radius 1 is 1.13 bits per heavy atom. The highest BCUT2D eigenvalue weighted by molar-refractivity contribution is 7.99. The van der Waals surface area contributed by atoms with Crippen molar-refractivity contribution in [3.05, 3.63) is 59.6 Å². The average Bonchev–Trinajstić information content (AvgIpc) is 3.44. The summed E-state index contributed by atoms with van der Waals surface area (Å²) in [4.78, 5) is 19.2. The summed E-state index contributed by atoms with van der Waals surface area (Å²) in [6.45, 7) is 4.43. The van der Waals surface area contributed by atoms with Crippen molar-refractivity contribution >= 4 is 46.0 Å². The maximum Gasteiger partial charge on any atom is 0.234 e. The minimum absolute atomic E-state index is 0.123. The van der Waals surface area contributed by atoms with Crippen molar-refractivity contribution in [1.29, 1.82) is 0 Å². The summed E-state index contributed by atoms with van der Waals surface area (Å²) in [5, 5.41) is 15.3. The van der Waals surface area contributed by atoms with Gasteiger partial charge in [-0.25, -0.2) is 4.98 Å². The number of carbonyl (C=O) groups is 1. The number of anilines is 1. The maximum atomic E-state index is 12.3. The third kappa shape index (κ3) is 5.30. The highest BCUT2D eigenvalue weighted by Gasteiger charge is 2.14. The molecule has 3 aromatic heterocycles. The van der Waals surface area contributed by atoms with Crippen LogP contribution in [0, 0.1) is 6.92 Å². The molecule has 9 heteroatoms. The van der Waals surface area contributed by atoms with Gasteiger partial charge in [-0.05, 0) is 49.6 Å². The van der Waals surface area contributed by atoms with E-state index in [0.29, 0.717) is 23.1 Å². The second-order valence-electron chi connectivity index (χ2n) is 6.43. The quantitative estimate of drug-likeness (QED) is 0.331. The Labute approximate surface area is 192 Å². The molecule has 1 amide bonds. The van der Waals surface area contributed by atoms with Crippen LogP contribution in [0.5, 0.6) is 5.75 Å². The number of carbonyl (C=O) groups excluding carboxylic acids is 1. The van der Waals surface area contributed by atoms with Crippen molar-refractivity contribution in [2.24, 2.45) is 0 Å². The lowest BCUT2D eigenvalue weighted by Gasteiger charge is -2.10. The van der Waals surface area contributed by atoms with Crippen LogP contribution in [-0.4, -0.2) is 33.4 Å². The molecule has 4 aromatic rings. The number of hydrogen-bond donors (Lipinski definition) is 1. The third-order valence-corrected chi connectivity index (χ3v) is 7.35. The summed E-state index contributed by atoms with van der Waals surface area (Å²) < 4.78 is 5.54. The monoisotopic (exact) mass is 468 g/mol. The van der Waals surface area contributed by atoms with Crippen molar-refractivity contribution in [2.75, 3.05) is 17.7 Å². The van der Waals surface area contributed by atoms with E-state index in [0.717, 1.165) is 26.1 Å². The summed E-state index contributed by atoms with van der Waals surface area (Å²) in [7, 11) is 0. The first-order chi connectivity index (χ1) is 15.1. The number of thioether (sulfide) groups is 1. The van der Waals surface area contributed by atoms with Gasteiger partial charge in [0.1, 0.15) is 21.5 Å². The highest BCUT2D eigenvalue weighted by Crippen LogP contribution is 2.36. The molecule has 158 valence electrons. The first-order valence-corrected chi connectivity index (χ1v) is 12.3. The van der Waals surface area contributed by atoms with Crippen LogP contribution in [0.2, 0.25) is 0 Å². The van der Waals surface area contributed by atoms with Crippen molar-refractivity contribution in [3.63, 3.8) is 0 Å². The van der Waals surface area contributed by atoms with E-state index in [2.05, 4.69) is 26.6 Å². The topological polar surface area (TPSA) is 77.0 Å². The van der Waals surface area contributed by atoms with Gasteiger partial charge in [-0.1, -0.05) is 30.0 Å². The number of thiazole rings is 1. The highest BCUT2D eigenvalue weighted by atomic mass is 32.2. The molecule has 0 aliphatic carbocycles. The molecule has 0 bridgehead atoms. The lowest BCUT2D eigenvalue weighted by Crippen LogP contribution is -2.15. The van der Waals surface area contributed by atoms with Gasteiger partial charge in [-0.2, -0.15) is 0 Å². The van der Waals surface area contributed by atoms with Crippen LogP contribution >= 0.6 is 34.4 Å².